The smallest absolute Gasteiger partial charge is 0.211 e. The van der Waals surface area contributed by atoms with Crippen molar-refractivity contribution in [3.05, 3.63) is 30.1 Å². The summed E-state index contributed by atoms with van der Waals surface area (Å²) in [4.78, 5) is 3.88. The van der Waals surface area contributed by atoms with Crippen molar-refractivity contribution in [2.45, 2.75) is 0 Å². The van der Waals surface area contributed by atoms with Crippen molar-refractivity contribution in [3.63, 3.8) is 0 Å². The summed E-state index contributed by atoms with van der Waals surface area (Å²) in [5, 5.41) is 7.05. The minimum absolute atomic E-state index is 0.0601. The second kappa shape index (κ2) is 4.07. The summed E-state index contributed by atoms with van der Waals surface area (Å²) in [7, 11) is 0. The van der Waals surface area contributed by atoms with E-state index in [1.165, 1.54) is 6.21 Å². The second-order valence-corrected chi connectivity index (χ2v) is 2.06. The molecule has 62 valence electrons. The lowest BCUT2D eigenvalue weighted by Crippen LogP contribution is -2.21. The Labute approximate surface area is 69.8 Å². The van der Waals surface area contributed by atoms with Gasteiger partial charge in [-0.1, -0.05) is 6.07 Å². The van der Waals surface area contributed by atoms with Gasteiger partial charge in [-0.2, -0.15) is 5.10 Å². The molecule has 5 nitrogen and oxygen atoms in total. The fraction of sp³-hybridized carbons (Fsp3) is 0. The topological polar surface area (TPSA) is 89.7 Å². The van der Waals surface area contributed by atoms with E-state index in [1.54, 1.807) is 18.5 Å². The molecule has 0 atom stereocenters. The Balaban J connectivity index is 2.64. The predicted molar refractivity (Wildman–Crippen MR) is 47.6 cm³/mol. The maximum Gasteiger partial charge on any atom is 0.211 e. The lowest BCUT2D eigenvalue weighted by molar-refractivity contribution is 1.21. The standard InChI is InChI=1S/C7H9N5/c8-7(9)12-11-5-6-2-1-3-10-4-6/h1-5H,(H4,8,9,12)/b11-5-. The van der Waals surface area contributed by atoms with Gasteiger partial charge >= 0.3 is 0 Å². The molecule has 0 spiro atoms. The number of nitrogens with two attached hydrogens (primary N) is 2. The number of pyridine rings is 1. The molecule has 0 aliphatic rings. The zero-order valence-corrected chi connectivity index (χ0v) is 6.38. The number of rotatable bonds is 2. The minimum Gasteiger partial charge on any atom is -0.369 e. The van der Waals surface area contributed by atoms with Gasteiger partial charge in [0.2, 0.25) is 5.96 Å². The monoisotopic (exact) mass is 163 g/mol. The number of nitrogens with zero attached hydrogens (tertiary/aromatic N) is 3. The van der Waals surface area contributed by atoms with E-state index in [-0.39, 0.29) is 5.96 Å². The SMILES string of the molecule is NC(N)=N/N=C\c1cccnc1. The molecule has 0 fully saturated rings. The van der Waals surface area contributed by atoms with Crippen molar-refractivity contribution < 1.29 is 0 Å². The van der Waals surface area contributed by atoms with E-state index in [0.29, 0.717) is 0 Å². The normalized spacial score (nSPS) is 10.0. The molecule has 0 aliphatic carbocycles. The van der Waals surface area contributed by atoms with Crippen molar-refractivity contribution in [1.82, 2.24) is 4.98 Å². The molecule has 1 heterocycles. The van der Waals surface area contributed by atoms with Crippen LogP contribution in [-0.4, -0.2) is 17.2 Å². The maximum atomic E-state index is 5.05. The Morgan fingerprint density at radius 3 is 2.92 bits per heavy atom. The zero-order valence-electron chi connectivity index (χ0n) is 6.38. The van der Waals surface area contributed by atoms with Crippen LogP contribution in [0.4, 0.5) is 0 Å². The van der Waals surface area contributed by atoms with Gasteiger partial charge in [0.05, 0.1) is 6.21 Å². The molecule has 1 aromatic heterocycles. The highest BCUT2D eigenvalue weighted by atomic mass is 15.3. The van der Waals surface area contributed by atoms with Crippen LogP contribution in [0.5, 0.6) is 0 Å². The third kappa shape index (κ3) is 2.78. The van der Waals surface area contributed by atoms with E-state index >= 15 is 0 Å². The first-order valence-electron chi connectivity index (χ1n) is 3.31. The first-order chi connectivity index (χ1) is 5.79. The van der Waals surface area contributed by atoms with Crippen molar-refractivity contribution >= 4 is 12.2 Å². The zero-order chi connectivity index (χ0) is 8.81. The molecule has 0 saturated carbocycles. The lowest BCUT2D eigenvalue weighted by atomic mass is 10.3. The average molecular weight is 163 g/mol. The summed E-state index contributed by atoms with van der Waals surface area (Å²) in [6.45, 7) is 0. The Morgan fingerprint density at radius 2 is 2.33 bits per heavy atom. The summed E-state index contributed by atoms with van der Waals surface area (Å²) in [5.74, 6) is -0.0601. The highest BCUT2D eigenvalue weighted by Gasteiger charge is 1.82. The van der Waals surface area contributed by atoms with Crippen LogP contribution in [0, 0.1) is 0 Å². The molecule has 0 unspecified atom stereocenters. The van der Waals surface area contributed by atoms with Gasteiger partial charge in [-0.25, -0.2) is 0 Å². The fourth-order valence-corrected chi connectivity index (χ4v) is 0.615. The summed E-state index contributed by atoms with van der Waals surface area (Å²) in [6, 6.07) is 3.65. The molecule has 0 radical (unpaired) electrons. The summed E-state index contributed by atoms with van der Waals surface area (Å²) >= 11 is 0. The highest BCUT2D eigenvalue weighted by Crippen LogP contribution is 1.90. The molecule has 12 heavy (non-hydrogen) atoms. The van der Waals surface area contributed by atoms with Crippen LogP contribution >= 0.6 is 0 Å². The van der Waals surface area contributed by atoms with Crippen LogP contribution in [0.25, 0.3) is 0 Å². The van der Waals surface area contributed by atoms with E-state index in [0.717, 1.165) is 5.56 Å². The second-order valence-electron chi connectivity index (χ2n) is 2.06. The van der Waals surface area contributed by atoms with Crippen molar-refractivity contribution in [3.8, 4) is 0 Å². The van der Waals surface area contributed by atoms with Crippen LogP contribution in [0.3, 0.4) is 0 Å². The Bertz CT molecular complexity index is 286. The Kier molecular flexibility index (Phi) is 2.78. The first-order valence-corrected chi connectivity index (χ1v) is 3.31. The molecule has 5 heteroatoms. The fourth-order valence-electron chi connectivity index (χ4n) is 0.615. The number of aromatic nitrogens is 1. The molecule has 0 bridgehead atoms. The van der Waals surface area contributed by atoms with Crippen molar-refractivity contribution in [2.75, 3.05) is 0 Å². The van der Waals surface area contributed by atoms with E-state index < -0.39 is 0 Å². The van der Waals surface area contributed by atoms with Crippen LogP contribution in [0.1, 0.15) is 5.56 Å². The first kappa shape index (κ1) is 8.19. The average Bonchev–Trinajstić information content (AvgIpc) is 2.05. The summed E-state index contributed by atoms with van der Waals surface area (Å²) in [6.07, 6.45) is 4.86. The van der Waals surface area contributed by atoms with E-state index in [9.17, 15) is 0 Å². The highest BCUT2D eigenvalue weighted by molar-refractivity contribution is 5.81. The Morgan fingerprint density at radius 1 is 1.50 bits per heavy atom. The summed E-state index contributed by atoms with van der Waals surface area (Å²) in [5.41, 5.74) is 11.0. The van der Waals surface area contributed by atoms with Crippen LogP contribution < -0.4 is 11.5 Å². The van der Waals surface area contributed by atoms with E-state index in [2.05, 4.69) is 15.2 Å². The number of hydrogen-bond donors (Lipinski definition) is 2. The lowest BCUT2D eigenvalue weighted by Gasteiger charge is -1.87. The largest absolute Gasteiger partial charge is 0.369 e. The predicted octanol–water partition coefficient (Wildman–Crippen LogP) is -0.311. The molecule has 0 aliphatic heterocycles. The van der Waals surface area contributed by atoms with Gasteiger partial charge in [-0.3, -0.25) is 4.98 Å². The van der Waals surface area contributed by atoms with Gasteiger partial charge in [-0.05, 0) is 6.07 Å². The number of hydrogen-bond acceptors (Lipinski definition) is 3. The molecular weight excluding hydrogens is 154 g/mol. The third-order valence-electron chi connectivity index (χ3n) is 1.06. The summed E-state index contributed by atoms with van der Waals surface area (Å²) < 4.78 is 0. The molecular formula is C7H9N5. The van der Waals surface area contributed by atoms with Crippen LogP contribution in [0.2, 0.25) is 0 Å². The van der Waals surface area contributed by atoms with Gasteiger partial charge < -0.3 is 11.5 Å². The van der Waals surface area contributed by atoms with E-state index in [1.807, 2.05) is 6.07 Å². The van der Waals surface area contributed by atoms with Crippen LogP contribution in [0.15, 0.2) is 34.7 Å². The van der Waals surface area contributed by atoms with Crippen molar-refractivity contribution in [1.29, 1.82) is 0 Å². The van der Waals surface area contributed by atoms with Crippen LogP contribution in [-0.2, 0) is 0 Å². The number of guanidine groups is 1. The van der Waals surface area contributed by atoms with Gasteiger partial charge in [0.1, 0.15) is 0 Å². The van der Waals surface area contributed by atoms with E-state index in [4.69, 9.17) is 11.5 Å². The molecule has 1 aromatic rings. The van der Waals surface area contributed by atoms with Gasteiger partial charge in [0.15, 0.2) is 0 Å². The van der Waals surface area contributed by atoms with Crippen molar-refractivity contribution in [2.24, 2.45) is 21.7 Å². The minimum atomic E-state index is -0.0601. The maximum absolute atomic E-state index is 5.05. The Hall–Kier alpha value is -1.91. The quantitative estimate of drug-likeness (QED) is 0.356. The van der Waals surface area contributed by atoms with Gasteiger partial charge in [-0.15, -0.1) is 5.10 Å². The molecule has 0 saturated heterocycles. The molecule has 4 N–H and O–H groups in total. The van der Waals surface area contributed by atoms with Gasteiger partial charge in [0.25, 0.3) is 0 Å². The molecule has 0 aromatic carbocycles. The van der Waals surface area contributed by atoms with Gasteiger partial charge in [0, 0.05) is 18.0 Å². The third-order valence-corrected chi connectivity index (χ3v) is 1.06. The molecule has 0 amide bonds. The molecule has 1 rings (SSSR count).